The van der Waals surface area contributed by atoms with Gasteiger partial charge in [0, 0.05) is 37.5 Å². The van der Waals surface area contributed by atoms with E-state index >= 15 is 0 Å². The van der Waals surface area contributed by atoms with Crippen molar-refractivity contribution in [3.05, 3.63) is 38.0 Å². The van der Waals surface area contributed by atoms with E-state index < -0.39 is 41.2 Å². The van der Waals surface area contributed by atoms with Crippen molar-refractivity contribution in [3.63, 3.8) is 0 Å². The molecule has 0 rings (SSSR count). The highest BCUT2D eigenvalue weighted by molar-refractivity contribution is 5.81. The minimum atomic E-state index is -0.933. The summed E-state index contributed by atoms with van der Waals surface area (Å²) < 4.78 is 31.3. The van der Waals surface area contributed by atoms with Crippen molar-refractivity contribution >= 4 is 35.8 Å². The van der Waals surface area contributed by atoms with Gasteiger partial charge in [0.15, 0.2) is 0 Å². The van der Waals surface area contributed by atoms with Gasteiger partial charge in [0.1, 0.15) is 19.8 Å². The van der Waals surface area contributed by atoms with Crippen LogP contribution >= 0.6 is 0 Å². The Balaban J connectivity index is 4.82. The van der Waals surface area contributed by atoms with Crippen LogP contribution in [0.2, 0.25) is 0 Å². The Labute approximate surface area is 266 Å². The van der Waals surface area contributed by atoms with Gasteiger partial charge in [-0.05, 0) is 64.2 Å². The van der Waals surface area contributed by atoms with Crippen LogP contribution in [0.3, 0.4) is 0 Å². The van der Waals surface area contributed by atoms with Gasteiger partial charge in [-0.3, -0.25) is 14.4 Å². The lowest BCUT2D eigenvalue weighted by molar-refractivity contribution is -0.162. The Hall–Kier alpha value is -3.96. The van der Waals surface area contributed by atoms with E-state index in [9.17, 15) is 28.8 Å². The monoisotopic (exact) mass is 638 g/mol. The third-order valence-electron chi connectivity index (χ3n) is 6.68. The fourth-order valence-corrected chi connectivity index (χ4v) is 3.69. The SMILES string of the molecule is C=CC(=O)OCCCCCC(=O)OCC(CC)(COC(=O)CCCCCOC(=O)C=C)COC(=O)CCCCCOC(=O)C=C. The molecule has 0 radical (unpaired) electrons. The number of hydrogen-bond donors (Lipinski definition) is 0. The van der Waals surface area contributed by atoms with Crippen LogP contribution in [0, 0.1) is 5.41 Å². The molecule has 0 aliphatic carbocycles. The van der Waals surface area contributed by atoms with Crippen molar-refractivity contribution in [2.24, 2.45) is 5.41 Å². The van der Waals surface area contributed by atoms with E-state index in [0.717, 1.165) is 18.2 Å². The minimum absolute atomic E-state index is 0.108. The summed E-state index contributed by atoms with van der Waals surface area (Å²) in [5.41, 5.74) is -0.933. The molecule has 0 atom stereocenters. The molecule has 0 heterocycles. The molecule has 0 aromatic rings. The highest BCUT2D eigenvalue weighted by atomic mass is 16.6. The van der Waals surface area contributed by atoms with Gasteiger partial charge in [0.25, 0.3) is 0 Å². The zero-order valence-corrected chi connectivity index (χ0v) is 26.7. The number of hydrogen-bond acceptors (Lipinski definition) is 12. The fourth-order valence-electron chi connectivity index (χ4n) is 3.69. The summed E-state index contributed by atoms with van der Waals surface area (Å²) in [5, 5.41) is 0. The van der Waals surface area contributed by atoms with Crippen molar-refractivity contribution in [1.82, 2.24) is 0 Å². The maximum Gasteiger partial charge on any atom is 0.330 e. The summed E-state index contributed by atoms with van der Waals surface area (Å²) in [6.45, 7) is 12.2. The van der Waals surface area contributed by atoms with E-state index in [0.29, 0.717) is 64.2 Å². The van der Waals surface area contributed by atoms with Crippen molar-refractivity contribution in [2.75, 3.05) is 39.6 Å². The third kappa shape index (κ3) is 23.1. The van der Waals surface area contributed by atoms with Crippen LogP contribution in [-0.2, 0) is 57.2 Å². The first-order valence-electron chi connectivity index (χ1n) is 15.5. The first kappa shape index (κ1) is 41.0. The maximum atomic E-state index is 12.4. The second-order valence-electron chi connectivity index (χ2n) is 10.4. The lowest BCUT2D eigenvalue weighted by atomic mass is 9.88. The predicted molar refractivity (Wildman–Crippen MR) is 164 cm³/mol. The number of ether oxygens (including phenoxy) is 6. The molecule has 0 bridgehead atoms. The molecule has 0 fully saturated rings. The van der Waals surface area contributed by atoms with Gasteiger partial charge in [0.2, 0.25) is 0 Å². The Morgan fingerprint density at radius 3 is 1.00 bits per heavy atom. The zero-order chi connectivity index (χ0) is 33.8. The van der Waals surface area contributed by atoms with Crippen LogP contribution in [0.15, 0.2) is 38.0 Å². The molecule has 0 unspecified atom stereocenters. The summed E-state index contributed by atoms with van der Waals surface area (Å²) >= 11 is 0. The average molecular weight is 639 g/mol. The largest absolute Gasteiger partial charge is 0.465 e. The van der Waals surface area contributed by atoms with E-state index in [1.165, 1.54) is 0 Å². The van der Waals surface area contributed by atoms with E-state index in [1.54, 1.807) is 0 Å². The van der Waals surface area contributed by atoms with E-state index in [-0.39, 0.29) is 58.9 Å². The van der Waals surface area contributed by atoms with Crippen molar-refractivity contribution < 1.29 is 57.2 Å². The van der Waals surface area contributed by atoms with Crippen LogP contribution in [0.1, 0.15) is 90.4 Å². The number of unbranched alkanes of at least 4 members (excludes halogenated alkanes) is 6. The normalized spacial score (nSPS) is 10.6. The molecule has 0 saturated heterocycles. The molecule has 0 aliphatic rings. The Morgan fingerprint density at radius 1 is 0.467 bits per heavy atom. The molecule has 12 nitrogen and oxygen atoms in total. The third-order valence-corrected chi connectivity index (χ3v) is 6.68. The summed E-state index contributed by atoms with van der Waals surface area (Å²) in [4.78, 5) is 70.5. The van der Waals surface area contributed by atoms with E-state index in [1.807, 2.05) is 6.92 Å². The molecule has 12 heteroatoms. The van der Waals surface area contributed by atoms with Crippen LogP contribution in [0.25, 0.3) is 0 Å². The van der Waals surface area contributed by atoms with Crippen molar-refractivity contribution in [1.29, 1.82) is 0 Å². The smallest absolute Gasteiger partial charge is 0.330 e. The van der Waals surface area contributed by atoms with Crippen molar-refractivity contribution in [2.45, 2.75) is 90.4 Å². The molecule has 254 valence electrons. The second-order valence-corrected chi connectivity index (χ2v) is 10.4. The predicted octanol–water partition coefficient (Wildman–Crippen LogP) is 4.88. The molecule has 0 N–H and O–H groups in total. The van der Waals surface area contributed by atoms with Crippen LogP contribution in [0.5, 0.6) is 0 Å². The quantitative estimate of drug-likeness (QED) is 0.0496. The van der Waals surface area contributed by atoms with Crippen LogP contribution in [-0.4, -0.2) is 75.5 Å². The lowest BCUT2D eigenvalue weighted by Crippen LogP contribution is -2.39. The molecule has 0 amide bonds. The topological polar surface area (TPSA) is 158 Å². The maximum absolute atomic E-state index is 12.4. The number of carbonyl (C=O) groups excluding carboxylic acids is 6. The van der Waals surface area contributed by atoms with Gasteiger partial charge >= 0.3 is 35.8 Å². The Kier molecular flexibility index (Phi) is 24.1. The molecule has 45 heavy (non-hydrogen) atoms. The second kappa shape index (κ2) is 26.4. The summed E-state index contributed by atoms with van der Waals surface area (Å²) in [6.07, 6.45) is 9.47. The molecule has 0 aromatic carbocycles. The van der Waals surface area contributed by atoms with Crippen LogP contribution in [0.4, 0.5) is 0 Å². The summed E-state index contributed by atoms with van der Waals surface area (Å²) in [7, 11) is 0. The Morgan fingerprint density at radius 2 is 0.756 bits per heavy atom. The molecule has 0 spiro atoms. The summed E-state index contributed by atoms with van der Waals surface area (Å²) in [6, 6.07) is 0. The zero-order valence-electron chi connectivity index (χ0n) is 26.7. The van der Waals surface area contributed by atoms with E-state index in [2.05, 4.69) is 19.7 Å². The van der Waals surface area contributed by atoms with Gasteiger partial charge in [-0.1, -0.05) is 26.7 Å². The number of rotatable bonds is 28. The molecule has 0 saturated carbocycles. The highest BCUT2D eigenvalue weighted by Gasteiger charge is 2.34. The molecule has 0 aromatic heterocycles. The first-order chi connectivity index (χ1) is 21.6. The van der Waals surface area contributed by atoms with Gasteiger partial charge in [-0.2, -0.15) is 0 Å². The van der Waals surface area contributed by atoms with Gasteiger partial charge in [0.05, 0.1) is 25.2 Å². The standard InChI is InChI=1S/C33H50O12/c1-5-27(34)40-21-15-9-12-18-30(37)43-24-33(8-4,25-44-31(38)19-13-10-16-22-41-28(35)6-2)26-45-32(39)20-14-11-17-23-42-29(36)7-3/h5-7H,1-3,8-26H2,4H3. The van der Waals surface area contributed by atoms with Gasteiger partial charge in [-0.25, -0.2) is 14.4 Å². The minimum Gasteiger partial charge on any atom is -0.465 e. The highest BCUT2D eigenvalue weighted by Crippen LogP contribution is 2.25. The van der Waals surface area contributed by atoms with E-state index in [4.69, 9.17) is 28.4 Å². The average Bonchev–Trinajstić information content (AvgIpc) is 3.05. The van der Waals surface area contributed by atoms with Crippen molar-refractivity contribution in [3.8, 4) is 0 Å². The van der Waals surface area contributed by atoms with Crippen LogP contribution < -0.4 is 0 Å². The van der Waals surface area contributed by atoms with Gasteiger partial charge < -0.3 is 28.4 Å². The summed E-state index contributed by atoms with van der Waals surface area (Å²) in [5.74, 6) is -2.81. The molecular formula is C33H50O12. The fraction of sp³-hybridized carbons (Fsp3) is 0.636. The molecule has 0 aliphatic heterocycles. The first-order valence-corrected chi connectivity index (χ1v) is 15.5. The molecular weight excluding hydrogens is 588 g/mol. The number of carbonyl (C=O) groups is 6. The van der Waals surface area contributed by atoms with Gasteiger partial charge in [-0.15, -0.1) is 0 Å². The lowest BCUT2D eigenvalue weighted by Gasteiger charge is -2.31. The number of esters is 6. The Bertz CT molecular complexity index is 838.